The second-order valence-electron chi connectivity index (χ2n) is 3.18. The first kappa shape index (κ1) is 9.92. The number of likely N-dealkylation sites (N-methyl/N-ethyl adjacent to an activating group) is 1. The van der Waals surface area contributed by atoms with Gasteiger partial charge in [-0.3, -0.25) is 4.79 Å². The lowest BCUT2D eigenvalue weighted by Gasteiger charge is -2.11. The first-order valence-electron chi connectivity index (χ1n) is 4.35. The van der Waals surface area contributed by atoms with Crippen LogP contribution in [0.15, 0.2) is 16.9 Å². The van der Waals surface area contributed by atoms with Gasteiger partial charge in [-0.25, -0.2) is 4.68 Å². The van der Waals surface area contributed by atoms with Gasteiger partial charge in [-0.2, -0.15) is 5.10 Å². The van der Waals surface area contributed by atoms with Gasteiger partial charge in [-0.1, -0.05) is 0 Å². The molecule has 0 fully saturated rings. The fourth-order valence-corrected chi connectivity index (χ4v) is 1.03. The van der Waals surface area contributed by atoms with Crippen LogP contribution in [0.25, 0.3) is 0 Å². The number of nitrogens with zero attached hydrogens (tertiary/aromatic N) is 2. The van der Waals surface area contributed by atoms with E-state index in [4.69, 9.17) is 0 Å². The van der Waals surface area contributed by atoms with Crippen molar-refractivity contribution in [3.8, 4) is 0 Å². The first-order chi connectivity index (χ1) is 6.13. The molecule has 0 bridgehead atoms. The third kappa shape index (κ3) is 2.66. The molecule has 1 atom stereocenters. The Morgan fingerprint density at radius 1 is 1.62 bits per heavy atom. The summed E-state index contributed by atoms with van der Waals surface area (Å²) in [5.41, 5.74) is 0.815. The zero-order valence-corrected chi connectivity index (χ0v) is 8.24. The van der Waals surface area contributed by atoms with Crippen LogP contribution in [0.5, 0.6) is 0 Å². The molecule has 1 rings (SSSR count). The van der Waals surface area contributed by atoms with Gasteiger partial charge in [-0.05, 0) is 27.0 Å². The molecule has 0 saturated carbocycles. The third-order valence-electron chi connectivity index (χ3n) is 1.94. The van der Waals surface area contributed by atoms with E-state index in [1.807, 2.05) is 20.9 Å². The van der Waals surface area contributed by atoms with Crippen molar-refractivity contribution in [2.45, 2.75) is 26.4 Å². The average molecular weight is 181 g/mol. The molecule has 1 unspecified atom stereocenters. The molecule has 1 heterocycles. The van der Waals surface area contributed by atoms with Gasteiger partial charge in [-0.15, -0.1) is 0 Å². The Morgan fingerprint density at radius 3 is 2.92 bits per heavy atom. The molecule has 1 aromatic rings. The van der Waals surface area contributed by atoms with Crippen LogP contribution in [0, 0.1) is 6.92 Å². The topological polar surface area (TPSA) is 46.9 Å². The quantitative estimate of drug-likeness (QED) is 0.722. The Labute approximate surface area is 77.6 Å². The number of hydrogen-bond donors (Lipinski definition) is 1. The van der Waals surface area contributed by atoms with Gasteiger partial charge in [0.2, 0.25) is 0 Å². The first-order valence-corrected chi connectivity index (χ1v) is 4.35. The van der Waals surface area contributed by atoms with Crippen molar-refractivity contribution in [1.29, 1.82) is 0 Å². The van der Waals surface area contributed by atoms with Gasteiger partial charge in [0, 0.05) is 12.1 Å². The maximum atomic E-state index is 11.3. The molecule has 0 aromatic carbocycles. The second-order valence-corrected chi connectivity index (χ2v) is 3.18. The van der Waals surface area contributed by atoms with Crippen molar-refractivity contribution in [3.05, 3.63) is 28.2 Å². The lowest BCUT2D eigenvalue weighted by Crippen LogP contribution is -2.33. The van der Waals surface area contributed by atoms with E-state index in [9.17, 15) is 4.79 Å². The summed E-state index contributed by atoms with van der Waals surface area (Å²) >= 11 is 0. The Morgan fingerprint density at radius 2 is 2.31 bits per heavy atom. The van der Waals surface area contributed by atoms with E-state index >= 15 is 0 Å². The molecular formula is C9H15N3O. The Hall–Kier alpha value is -1.16. The standard InChI is InChI=1S/C9H15N3O/c1-7-4-5-9(13)12(11-7)6-8(2)10-3/h4-5,8,10H,6H2,1-3H3. The maximum Gasteiger partial charge on any atom is 0.266 e. The molecule has 4 nitrogen and oxygen atoms in total. The smallest absolute Gasteiger partial charge is 0.266 e. The summed E-state index contributed by atoms with van der Waals surface area (Å²) in [6, 6.07) is 3.53. The Balaban J connectivity index is 2.87. The predicted molar refractivity (Wildman–Crippen MR) is 51.8 cm³/mol. The molecule has 4 heteroatoms. The summed E-state index contributed by atoms with van der Waals surface area (Å²) < 4.78 is 1.48. The van der Waals surface area contributed by atoms with Gasteiger partial charge < -0.3 is 5.32 Å². The van der Waals surface area contributed by atoms with Crippen LogP contribution in [0.3, 0.4) is 0 Å². The minimum atomic E-state index is -0.0484. The van der Waals surface area contributed by atoms with Crippen LogP contribution in [-0.4, -0.2) is 22.9 Å². The number of aryl methyl sites for hydroxylation is 1. The SMILES string of the molecule is CNC(C)Cn1nc(C)ccc1=O. The lowest BCUT2D eigenvalue weighted by atomic mass is 10.3. The van der Waals surface area contributed by atoms with Gasteiger partial charge in [0.25, 0.3) is 5.56 Å². The van der Waals surface area contributed by atoms with Crippen LogP contribution >= 0.6 is 0 Å². The minimum Gasteiger partial charge on any atom is -0.315 e. The molecular weight excluding hydrogens is 166 g/mol. The molecule has 0 aliphatic carbocycles. The molecule has 0 amide bonds. The van der Waals surface area contributed by atoms with Crippen molar-refractivity contribution in [1.82, 2.24) is 15.1 Å². The summed E-state index contributed by atoms with van der Waals surface area (Å²) in [4.78, 5) is 11.3. The fourth-order valence-electron chi connectivity index (χ4n) is 1.03. The predicted octanol–water partition coefficient (Wildman–Crippen LogP) is 0.160. The van der Waals surface area contributed by atoms with Crippen molar-refractivity contribution in [2.24, 2.45) is 0 Å². The zero-order chi connectivity index (χ0) is 9.84. The van der Waals surface area contributed by atoms with Gasteiger partial charge in [0.15, 0.2) is 0 Å². The molecule has 0 aliphatic rings. The Bertz CT molecular complexity index is 332. The van der Waals surface area contributed by atoms with Gasteiger partial charge in [0.05, 0.1) is 12.2 Å². The van der Waals surface area contributed by atoms with Gasteiger partial charge in [0.1, 0.15) is 0 Å². The van der Waals surface area contributed by atoms with E-state index < -0.39 is 0 Å². The van der Waals surface area contributed by atoms with E-state index in [0.29, 0.717) is 6.54 Å². The van der Waals surface area contributed by atoms with Crippen LogP contribution in [0.4, 0.5) is 0 Å². The van der Waals surface area contributed by atoms with E-state index in [1.54, 1.807) is 12.1 Å². The maximum absolute atomic E-state index is 11.3. The molecule has 0 radical (unpaired) electrons. The minimum absolute atomic E-state index is 0.0484. The van der Waals surface area contributed by atoms with Crippen LogP contribution in [0.2, 0.25) is 0 Å². The largest absolute Gasteiger partial charge is 0.315 e. The summed E-state index contributed by atoms with van der Waals surface area (Å²) in [7, 11) is 1.87. The van der Waals surface area contributed by atoms with Crippen molar-refractivity contribution in [3.63, 3.8) is 0 Å². The third-order valence-corrected chi connectivity index (χ3v) is 1.94. The number of rotatable bonds is 3. The van der Waals surface area contributed by atoms with Crippen LogP contribution in [-0.2, 0) is 6.54 Å². The molecule has 13 heavy (non-hydrogen) atoms. The van der Waals surface area contributed by atoms with E-state index in [-0.39, 0.29) is 11.6 Å². The summed E-state index contributed by atoms with van der Waals surface area (Å²) in [6.45, 7) is 4.49. The highest BCUT2D eigenvalue weighted by atomic mass is 16.1. The molecule has 1 N–H and O–H groups in total. The molecule has 1 aromatic heterocycles. The molecule has 0 saturated heterocycles. The summed E-state index contributed by atoms with van der Waals surface area (Å²) in [6.07, 6.45) is 0. The van der Waals surface area contributed by atoms with Crippen molar-refractivity contribution >= 4 is 0 Å². The zero-order valence-electron chi connectivity index (χ0n) is 8.24. The highest BCUT2D eigenvalue weighted by Crippen LogP contribution is 1.88. The fraction of sp³-hybridized carbons (Fsp3) is 0.556. The van der Waals surface area contributed by atoms with E-state index in [0.717, 1.165) is 5.69 Å². The summed E-state index contributed by atoms with van der Waals surface area (Å²) in [5.74, 6) is 0. The van der Waals surface area contributed by atoms with E-state index in [1.165, 1.54) is 4.68 Å². The number of aromatic nitrogens is 2. The number of hydrogen-bond acceptors (Lipinski definition) is 3. The monoisotopic (exact) mass is 181 g/mol. The Kier molecular flexibility index (Phi) is 3.19. The van der Waals surface area contributed by atoms with Crippen molar-refractivity contribution in [2.75, 3.05) is 7.05 Å². The molecule has 0 aliphatic heterocycles. The van der Waals surface area contributed by atoms with Crippen molar-refractivity contribution < 1.29 is 0 Å². The highest BCUT2D eigenvalue weighted by molar-refractivity contribution is 4.97. The number of nitrogens with one attached hydrogen (secondary N) is 1. The van der Waals surface area contributed by atoms with Gasteiger partial charge >= 0.3 is 0 Å². The van der Waals surface area contributed by atoms with Crippen LogP contribution < -0.4 is 10.9 Å². The second kappa shape index (κ2) is 4.18. The lowest BCUT2D eigenvalue weighted by molar-refractivity contribution is 0.461. The van der Waals surface area contributed by atoms with E-state index in [2.05, 4.69) is 10.4 Å². The summed E-state index contributed by atoms with van der Waals surface area (Å²) in [5, 5.41) is 7.19. The molecule has 0 spiro atoms. The average Bonchev–Trinajstić information content (AvgIpc) is 2.11. The molecule has 72 valence electrons. The highest BCUT2D eigenvalue weighted by Gasteiger charge is 2.02. The normalized spacial score (nSPS) is 12.8. The van der Waals surface area contributed by atoms with Crippen LogP contribution in [0.1, 0.15) is 12.6 Å².